The third-order valence-corrected chi connectivity index (χ3v) is 8.72. The Balaban J connectivity index is 1.97. The van der Waals surface area contributed by atoms with Crippen molar-refractivity contribution < 1.29 is 39.0 Å². The Bertz CT molecular complexity index is 1610. The molecule has 2 aromatic carbocycles. The SMILES string of the molecule is NCCC[C@@H](NC(=O)[C@@H]1Cc2cccc(c2)-c2ccc(O)c(c2)C[C@H](N)C(=O)N[C@@H](C[C@@H](O)CN)C(=O)N1)C(=O)N[C@@H](CCC(=O)NCCN)C(N)=O. The first-order chi connectivity index (χ1) is 25.3. The predicted molar refractivity (Wildman–Crippen MR) is 195 cm³/mol. The Labute approximate surface area is 307 Å². The third kappa shape index (κ3) is 13.1. The van der Waals surface area contributed by atoms with Crippen LogP contribution in [0.4, 0.5) is 0 Å². The summed E-state index contributed by atoms with van der Waals surface area (Å²) in [7, 11) is 0. The molecule has 17 N–H and O–H groups in total. The van der Waals surface area contributed by atoms with E-state index in [1.807, 2.05) is 6.07 Å². The molecule has 0 saturated heterocycles. The highest BCUT2D eigenvalue weighted by Crippen LogP contribution is 2.28. The second-order valence-electron chi connectivity index (χ2n) is 12.9. The topological polar surface area (TPSA) is 333 Å². The van der Waals surface area contributed by atoms with Crippen molar-refractivity contribution in [2.75, 3.05) is 26.2 Å². The number of amides is 6. The summed E-state index contributed by atoms with van der Waals surface area (Å²) >= 11 is 0. The molecule has 53 heavy (non-hydrogen) atoms. The van der Waals surface area contributed by atoms with Crippen molar-refractivity contribution >= 4 is 35.4 Å². The van der Waals surface area contributed by atoms with Gasteiger partial charge in [-0.3, -0.25) is 28.8 Å². The molecule has 6 atom stereocenters. The highest BCUT2D eigenvalue weighted by Gasteiger charge is 2.33. The zero-order valence-electron chi connectivity index (χ0n) is 29.5. The van der Waals surface area contributed by atoms with Gasteiger partial charge in [0.25, 0.3) is 0 Å². The number of rotatable bonds is 16. The fourth-order valence-corrected chi connectivity index (χ4v) is 5.73. The second kappa shape index (κ2) is 20.8. The lowest BCUT2D eigenvalue weighted by molar-refractivity contribution is -0.135. The van der Waals surface area contributed by atoms with Gasteiger partial charge in [-0.25, -0.2) is 0 Å². The molecule has 0 aromatic heterocycles. The molecule has 0 radical (unpaired) electrons. The summed E-state index contributed by atoms with van der Waals surface area (Å²) in [5.74, 6) is -4.50. The van der Waals surface area contributed by atoms with Crippen LogP contribution in [0.3, 0.4) is 0 Å². The third-order valence-electron chi connectivity index (χ3n) is 8.72. The Hall–Kier alpha value is -5.14. The minimum absolute atomic E-state index is 0.0507. The van der Waals surface area contributed by atoms with Crippen molar-refractivity contribution in [2.24, 2.45) is 28.7 Å². The zero-order valence-corrected chi connectivity index (χ0v) is 29.5. The van der Waals surface area contributed by atoms with Crippen molar-refractivity contribution in [1.82, 2.24) is 26.6 Å². The molecule has 0 saturated carbocycles. The van der Waals surface area contributed by atoms with Crippen LogP contribution in [0.15, 0.2) is 42.5 Å². The normalized spacial score (nSPS) is 19.2. The zero-order chi connectivity index (χ0) is 39.1. The van der Waals surface area contributed by atoms with E-state index in [4.69, 9.17) is 28.7 Å². The van der Waals surface area contributed by atoms with E-state index in [1.54, 1.807) is 30.3 Å². The first-order valence-electron chi connectivity index (χ1n) is 17.5. The number of aromatic hydroxyl groups is 1. The van der Waals surface area contributed by atoms with Crippen LogP contribution in [0.1, 0.15) is 43.2 Å². The van der Waals surface area contributed by atoms with E-state index < -0.39 is 71.8 Å². The van der Waals surface area contributed by atoms with Gasteiger partial charge in [-0.1, -0.05) is 30.3 Å². The molecule has 2 aromatic rings. The number of phenols is 1. The fraction of sp³-hybridized carbons (Fsp3) is 0.486. The lowest BCUT2D eigenvalue weighted by Gasteiger charge is -2.27. The van der Waals surface area contributed by atoms with Crippen LogP contribution in [0.5, 0.6) is 5.75 Å². The minimum Gasteiger partial charge on any atom is -0.508 e. The summed E-state index contributed by atoms with van der Waals surface area (Å²) in [6.07, 6.45) is -1.58. The average molecular weight is 741 g/mol. The summed E-state index contributed by atoms with van der Waals surface area (Å²) in [4.78, 5) is 78.8. The Morgan fingerprint density at radius 1 is 0.887 bits per heavy atom. The van der Waals surface area contributed by atoms with Crippen LogP contribution in [-0.4, -0.2) is 108 Å². The summed E-state index contributed by atoms with van der Waals surface area (Å²) in [5.41, 5.74) is 30.8. The lowest BCUT2D eigenvalue weighted by Crippen LogP contribution is -2.59. The molecule has 18 nitrogen and oxygen atoms in total. The van der Waals surface area contributed by atoms with Gasteiger partial charge in [0.05, 0.1) is 12.1 Å². The number of fused-ring (bicyclic) bond motifs is 5. The molecule has 3 rings (SSSR count). The number of carbonyl (C=O) groups excluding carboxylic acids is 6. The highest BCUT2D eigenvalue weighted by molar-refractivity contribution is 5.96. The number of carbonyl (C=O) groups is 6. The van der Waals surface area contributed by atoms with Crippen molar-refractivity contribution in [3.63, 3.8) is 0 Å². The van der Waals surface area contributed by atoms with E-state index in [0.717, 1.165) is 0 Å². The number of benzene rings is 2. The molecule has 1 aliphatic rings. The van der Waals surface area contributed by atoms with Crippen LogP contribution in [0.25, 0.3) is 11.1 Å². The molecule has 6 amide bonds. The van der Waals surface area contributed by atoms with Gasteiger partial charge in [0.2, 0.25) is 35.4 Å². The van der Waals surface area contributed by atoms with Gasteiger partial charge in [-0.05, 0) is 60.2 Å². The van der Waals surface area contributed by atoms with Gasteiger partial charge in [-0.15, -0.1) is 0 Å². The van der Waals surface area contributed by atoms with Gasteiger partial charge in [-0.2, -0.15) is 0 Å². The lowest BCUT2D eigenvalue weighted by atomic mass is 9.96. The molecule has 0 spiro atoms. The number of hydrogen-bond acceptors (Lipinski definition) is 12. The molecule has 18 heteroatoms. The van der Waals surface area contributed by atoms with Gasteiger partial charge >= 0.3 is 0 Å². The van der Waals surface area contributed by atoms with Gasteiger partial charge in [0.1, 0.15) is 29.9 Å². The van der Waals surface area contributed by atoms with E-state index in [0.29, 0.717) is 28.7 Å². The van der Waals surface area contributed by atoms with Crippen molar-refractivity contribution in [3.05, 3.63) is 53.6 Å². The molecule has 1 aliphatic heterocycles. The molecule has 0 unspecified atom stereocenters. The fourth-order valence-electron chi connectivity index (χ4n) is 5.73. The molecular weight excluding hydrogens is 688 g/mol. The number of hydrogen-bond donors (Lipinski definition) is 12. The van der Waals surface area contributed by atoms with E-state index in [9.17, 15) is 39.0 Å². The number of aliphatic hydroxyl groups excluding tert-OH is 1. The summed E-state index contributed by atoms with van der Waals surface area (Å²) in [5, 5.41) is 33.8. The summed E-state index contributed by atoms with van der Waals surface area (Å²) < 4.78 is 0. The standard InChI is InChI=1S/C35H52N10O8/c36-10-2-5-26(33(51)42-25(31(40)49)7-9-30(48)41-12-11-37)43-34(52)27-14-19-3-1-4-20(13-19)21-6-8-29(47)22(15-21)16-24(39)32(50)44-28(35(53)45-27)17-23(46)18-38/h1,3-4,6,8,13,15,23-28,46-47H,2,5,7,9-12,14,16-18,36-39H2,(H2,40,49)(H,41,48)(H,42,51)(H,43,52)(H,44,50)(H,45,53)/t23-,24+,25+,26-,27+,28+/m1/s1. The number of phenolic OH excluding ortho intramolecular Hbond substituents is 1. The smallest absolute Gasteiger partial charge is 0.243 e. The first kappa shape index (κ1) is 42.3. The monoisotopic (exact) mass is 740 g/mol. The molecule has 4 bridgehead atoms. The summed E-state index contributed by atoms with van der Waals surface area (Å²) in [6.45, 7) is 0.383. The number of nitrogens with one attached hydrogen (secondary N) is 5. The largest absolute Gasteiger partial charge is 0.508 e. The molecular formula is C35H52N10O8. The van der Waals surface area contributed by atoms with E-state index in [2.05, 4.69) is 26.6 Å². The van der Waals surface area contributed by atoms with Crippen molar-refractivity contribution in [1.29, 1.82) is 0 Å². The van der Waals surface area contributed by atoms with Crippen molar-refractivity contribution in [3.8, 4) is 16.9 Å². The van der Waals surface area contributed by atoms with Crippen LogP contribution >= 0.6 is 0 Å². The Morgan fingerprint density at radius 2 is 1.62 bits per heavy atom. The van der Waals surface area contributed by atoms with Gasteiger partial charge in [0.15, 0.2) is 0 Å². The van der Waals surface area contributed by atoms with Crippen molar-refractivity contribution in [2.45, 2.75) is 81.3 Å². The minimum atomic E-state index is -1.38. The second-order valence-corrected chi connectivity index (χ2v) is 12.9. The molecule has 0 fully saturated rings. The molecule has 0 aliphatic carbocycles. The van der Waals surface area contributed by atoms with Gasteiger partial charge in [0, 0.05) is 45.3 Å². The van der Waals surface area contributed by atoms with E-state index in [-0.39, 0.29) is 70.5 Å². The predicted octanol–water partition coefficient (Wildman–Crippen LogP) is -3.79. The molecule has 1 heterocycles. The summed E-state index contributed by atoms with van der Waals surface area (Å²) in [6, 6.07) is 5.56. The molecule has 290 valence electrons. The average Bonchev–Trinajstić information content (AvgIpc) is 3.13. The van der Waals surface area contributed by atoms with Crippen LogP contribution in [0.2, 0.25) is 0 Å². The maximum absolute atomic E-state index is 14.0. The van der Waals surface area contributed by atoms with Gasteiger partial charge < -0.3 is 65.5 Å². The highest BCUT2D eigenvalue weighted by atomic mass is 16.3. The number of aliphatic hydroxyl groups is 1. The number of primary amides is 1. The number of nitrogens with two attached hydrogens (primary N) is 5. The maximum Gasteiger partial charge on any atom is 0.243 e. The van der Waals surface area contributed by atoms with E-state index in [1.165, 1.54) is 6.07 Å². The Morgan fingerprint density at radius 3 is 2.30 bits per heavy atom. The maximum atomic E-state index is 14.0. The van der Waals surface area contributed by atoms with Crippen LogP contribution < -0.4 is 55.3 Å². The van der Waals surface area contributed by atoms with Crippen LogP contribution in [-0.2, 0) is 41.6 Å². The Kier molecular flexibility index (Phi) is 16.6. The van der Waals surface area contributed by atoms with Crippen LogP contribution in [0, 0.1) is 0 Å². The van der Waals surface area contributed by atoms with E-state index >= 15 is 0 Å². The quantitative estimate of drug-likeness (QED) is 0.0789. The first-order valence-corrected chi connectivity index (χ1v) is 17.5.